The molecule has 2 unspecified atom stereocenters. The Morgan fingerprint density at radius 1 is 1.09 bits per heavy atom. The molecule has 0 amide bonds. The van der Waals surface area contributed by atoms with Crippen molar-refractivity contribution in [3.05, 3.63) is 57.2 Å². The van der Waals surface area contributed by atoms with Crippen molar-refractivity contribution < 1.29 is 4.74 Å². The summed E-state index contributed by atoms with van der Waals surface area (Å²) in [5.74, 6) is 1.53. The zero-order valence-electron chi connectivity index (χ0n) is 12.4. The number of rotatable bonds is 5. The average Bonchev–Trinajstić information content (AvgIpc) is 3.00. The SMILES string of the molecule is Clc1ccc(OCCC2CNCC2c2ccc(Cl)c(Cl)c2)nc1. The lowest BCUT2D eigenvalue weighted by Crippen LogP contribution is -2.15. The molecule has 1 aliphatic rings. The Morgan fingerprint density at radius 2 is 1.96 bits per heavy atom. The van der Waals surface area contributed by atoms with Crippen molar-refractivity contribution in [1.29, 1.82) is 0 Å². The van der Waals surface area contributed by atoms with E-state index in [9.17, 15) is 0 Å². The predicted molar refractivity (Wildman–Crippen MR) is 94.9 cm³/mol. The number of pyridine rings is 1. The van der Waals surface area contributed by atoms with Crippen molar-refractivity contribution >= 4 is 34.8 Å². The third kappa shape index (κ3) is 4.30. The van der Waals surface area contributed by atoms with Crippen LogP contribution >= 0.6 is 34.8 Å². The molecule has 1 aliphatic heterocycles. The van der Waals surface area contributed by atoms with Crippen molar-refractivity contribution in [1.82, 2.24) is 10.3 Å². The van der Waals surface area contributed by atoms with E-state index in [-0.39, 0.29) is 0 Å². The Morgan fingerprint density at radius 3 is 2.70 bits per heavy atom. The standard InChI is InChI=1S/C17H17Cl3N2O/c18-13-2-4-17(22-9-13)23-6-5-12-8-21-10-14(12)11-1-3-15(19)16(20)7-11/h1-4,7,9,12,14,21H,5-6,8,10H2. The minimum atomic E-state index is 0.423. The number of nitrogens with one attached hydrogen (secondary N) is 1. The first kappa shape index (κ1) is 16.8. The first-order valence-corrected chi connectivity index (χ1v) is 8.67. The number of hydrogen-bond donors (Lipinski definition) is 1. The number of ether oxygens (including phenoxy) is 1. The van der Waals surface area contributed by atoms with Gasteiger partial charge in [0.05, 0.1) is 21.7 Å². The second-order valence-electron chi connectivity index (χ2n) is 5.65. The minimum Gasteiger partial charge on any atom is -0.478 e. The van der Waals surface area contributed by atoms with E-state index in [0.29, 0.717) is 39.4 Å². The molecule has 122 valence electrons. The molecule has 0 saturated carbocycles. The summed E-state index contributed by atoms with van der Waals surface area (Å²) in [6, 6.07) is 9.45. The molecule has 23 heavy (non-hydrogen) atoms. The molecule has 1 N–H and O–H groups in total. The average molecular weight is 372 g/mol. The van der Waals surface area contributed by atoms with E-state index in [1.54, 1.807) is 18.3 Å². The highest BCUT2D eigenvalue weighted by Gasteiger charge is 2.28. The van der Waals surface area contributed by atoms with Gasteiger partial charge in [-0.3, -0.25) is 0 Å². The molecule has 2 aromatic rings. The molecule has 1 saturated heterocycles. The Hall–Kier alpha value is -1.00. The molecule has 1 aromatic heterocycles. The lowest BCUT2D eigenvalue weighted by molar-refractivity contribution is 0.267. The topological polar surface area (TPSA) is 34.1 Å². The molecule has 2 atom stereocenters. The zero-order chi connectivity index (χ0) is 16.2. The number of hydrogen-bond acceptors (Lipinski definition) is 3. The third-order valence-corrected chi connectivity index (χ3v) is 5.11. The molecular formula is C17H17Cl3N2O. The number of nitrogens with zero attached hydrogens (tertiary/aromatic N) is 1. The maximum absolute atomic E-state index is 6.14. The van der Waals surface area contributed by atoms with E-state index >= 15 is 0 Å². The van der Waals surface area contributed by atoms with Crippen LogP contribution in [0.1, 0.15) is 17.9 Å². The summed E-state index contributed by atoms with van der Waals surface area (Å²) in [6.45, 7) is 2.54. The van der Waals surface area contributed by atoms with E-state index in [4.69, 9.17) is 39.5 Å². The maximum Gasteiger partial charge on any atom is 0.213 e. The molecule has 1 aromatic carbocycles. The molecule has 1 fully saturated rings. The highest BCUT2D eigenvalue weighted by molar-refractivity contribution is 6.42. The summed E-state index contributed by atoms with van der Waals surface area (Å²) >= 11 is 18.0. The number of halogens is 3. The Balaban J connectivity index is 1.58. The van der Waals surface area contributed by atoms with E-state index in [1.807, 2.05) is 12.1 Å². The van der Waals surface area contributed by atoms with Gasteiger partial charge in [-0.05, 0) is 42.6 Å². The molecule has 3 rings (SSSR count). The second-order valence-corrected chi connectivity index (χ2v) is 6.90. The molecule has 3 nitrogen and oxygen atoms in total. The van der Waals surface area contributed by atoms with Crippen LogP contribution in [-0.2, 0) is 0 Å². The first-order valence-electron chi connectivity index (χ1n) is 7.53. The third-order valence-electron chi connectivity index (χ3n) is 4.15. The van der Waals surface area contributed by atoms with E-state index < -0.39 is 0 Å². The first-order chi connectivity index (χ1) is 11.1. The highest BCUT2D eigenvalue weighted by Crippen LogP contribution is 2.34. The lowest BCUT2D eigenvalue weighted by Gasteiger charge is -2.19. The predicted octanol–water partition coefficient (Wildman–Crippen LogP) is 4.81. The summed E-state index contributed by atoms with van der Waals surface area (Å²) in [5.41, 5.74) is 1.22. The van der Waals surface area contributed by atoms with Gasteiger partial charge in [0.2, 0.25) is 5.88 Å². The summed E-state index contributed by atoms with van der Waals surface area (Å²) < 4.78 is 5.71. The van der Waals surface area contributed by atoms with Gasteiger partial charge < -0.3 is 10.1 Å². The summed E-state index contributed by atoms with van der Waals surface area (Å²) in [4.78, 5) is 4.14. The van der Waals surface area contributed by atoms with E-state index in [0.717, 1.165) is 19.5 Å². The molecule has 2 heterocycles. The van der Waals surface area contributed by atoms with Crippen molar-refractivity contribution in [3.63, 3.8) is 0 Å². The van der Waals surface area contributed by atoms with Crippen molar-refractivity contribution in [2.24, 2.45) is 5.92 Å². The fourth-order valence-electron chi connectivity index (χ4n) is 2.93. The van der Waals surface area contributed by atoms with Gasteiger partial charge in [-0.1, -0.05) is 40.9 Å². The molecular weight excluding hydrogens is 355 g/mol. The van der Waals surface area contributed by atoms with Gasteiger partial charge >= 0.3 is 0 Å². The molecule has 0 aliphatic carbocycles. The van der Waals surface area contributed by atoms with E-state index in [1.165, 1.54) is 5.56 Å². The highest BCUT2D eigenvalue weighted by atomic mass is 35.5. The van der Waals surface area contributed by atoms with Crippen LogP contribution in [0.2, 0.25) is 15.1 Å². The normalized spacial score (nSPS) is 20.7. The van der Waals surface area contributed by atoms with Crippen molar-refractivity contribution in [2.45, 2.75) is 12.3 Å². The zero-order valence-corrected chi connectivity index (χ0v) is 14.7. The van der Waals surface area contributed by atoms with Crippen LogP contribution in [-0.4, -0.2) is 24.7 Å². The monoisotopic (exact) mass is 370 g/mol. The van der Waals surface area contributed by atoms with Gasteiger partial charge in [0.25, 0.3) is 0 Å². The largest absolute Gasteiger partial charge is 0.478 e. The van der Waals surface area contributed by atoms with Crippen LogP contribution in [0.3, 0.4) is 0 Å². The van der Waals surface area contributed by atoms with Gasteiger partial charge in [-0.2, -0.15) is 0 Å². The fraction of sp³-hybridized carbons (Fsp3) is 0.353. The number of benzene rings is 1. The second kappa shape index (κ2) is 7.71. The van der Waals surface area contributed by atoms with Gasteiger partial charge in [0.15, 0.2) is 0 Å². The van der Waals surface area contributed by atoms with Gasteiger partial charge in [0.1, 0.15) is 0 Å². The van der Waals surface area contributed by atoms with Crippen LogP contribution in [0.4, 0.5) is 0 Å². The quantitative estimate of drug-likeness (QED) is 0.818. The Labute approximate surface area is 150 Å². The molecule has 0 spiro atoms. The summed E-state index contributed by atoms with van der Waals surface area (Å²) in [7, 11) is 0. The molecule has 0 radical (unpaired) electrons. The van der Waals surface area contributed by atoms with Gasteiger partial charge in [-0.25, -0.2) is 4.98 Å². The molecule has 6 heteroatoms. The smallest absolute Gasteiger partial charge is 0.213 e. The van der Waals surface area contributed by atoms with Gasteiger partial charge in [0, 0.05) is 24.7 Å². The van der Waals surface area contributed by atoms with Crippen molar-refractivity contribution in [3.8, 4) is 5.88 Å². The van der Waals surface area contributed by atoms with Gasteiger partial charge in [-0.15, -0.1) is 0 Å². The maximum atomic E-state index is 6.14. The Kier molecular flexibility index (Phi) is 5.65. The fourth-order valence-corrected chi connectivity index (χ4v) is 3.35. The minimum absolute atomic E-state index is 0.423. The summed E-state index contributed by atoms with van der Waals surface area (Å²) in [5, 5.41) is 5.26. The van der Waals surface area contributed by atoms with Crippen LogP contribution in [0.15, 0.2) is 36.5 Å². The van der Waals surface area contributed by atoms with Crippen LogP contribution < -0.4 is 10.1 Å². The molecule has 0 bridgehead atoms. The van der Waals surface area contributed by atoms with Crippen LogP contribution in [0.5, 0.6) is 5.88 Å². The van der Waals surface area contributed by atoms with Crippen molar-refractivity contribution in [2.75, 3.05) is 19.7 Å². The summed E-state index contributed by atoms with van der Waals surface area (Å²) in [6.07, 6.45) is 2.54. The van der Waals surface area contributed by atoms with E-state index in [2.05, 4.69) is 16.4 Å². The number of aromatic nitrogens is 1. The van der Waals surface area contributed by atoms with Crippen LogP contribution in [0.25, 0.3) is 0 Å². The lowest BCUT2D eigenvalue weighted by atomic mass is 9.87. The Bertz CT molecular complexity index is 663. The van der Waals surface area contributed by atoms with Crippen LogP contribution in [0, 0.1) is 5.92 Å².